The maximum atomic E-state index is 4.49. The fourth-order valence-electron chi connectivity index (χ4n) is 3.35. The van der Waals surface area contributed by atoms with E-state index in [9.17, 15) is 0 Å². The Kier molecular flexibility index (Phi) is 12.0. The van der Waals surface area contributed by atoms with E-state index in [0.717, 1.165) is 0 Å². The second kappa shape index (κ2) is 14.5. The van der Waals surface area contributed by atoms with Gasteiger partial charge < -0.3 is 4.90 Å². The first-order valence-corrected chi connectivity index (χ1v) is 15.3. The second-order valence-corrected chi connectivity index (χ2v) is 11.8. The van der Waals surface area contributed by atoms with Crippen molar-refractivity contribution in [2.45, 2.75) is 13.0 Å². The molecule has 0 N–H and O–H groups in total. The van der Waals surface area contributed by atoms with Crippen LogP contribution in [0, 0.1) is 6.07 Å². The van der Waals surface area contributed by atoms with Gasteiger partial charge in [-0.1, -0.05) is 25.1 Å². The van der Waals surface area contributed by atoms with Gasteiger partial charge in [-0.15, -0.1) is 22.4 Å². The summed E-state index contributed by atoms with van der Waals surface area (Å²) < 4.78 is 2.87. The van der Waals surface area contributed by atoms with Crippen molar-refractivity contribution in [3.63, 3.8) is 0 Å². The van der Waals surface area contributed by atoms with Crippen LogP contribution in [0.4, 0.5) is 0 Å². The molecule has 0 saturated carbocycles. The molecule has 0 fully saturated rings. The summed E-state index contributed by atoms with van der Waals surface area (Å²) in [6.07, 6.45) is 0. The van der Waals surface area contributed by atoms with E-state index in [1.54, 1.807) is 0 Å². The molecule has 0 amide bonds. The van der Waals surface area contributed by atoms with Crippen molar-refractivity contribution in [1.29, 1.82) is 0 Å². The standard InChI is InChI=1S/C14H13As.C14H16N.ClH.Pd/c1-2-15(13-9-5-3-6-10-13)14-11-7-4-8-12-14;1-11(15(2)3)13-10-6-8-12-7-4-5-9-14(12)13;;/h2-12H,1H2;4-5,7-11H,1-3H3;1H;/q;-1;;+2/p-1/t;11-;;/m.0../s1. The van der Waals surface area contributed by atoms with E-state index in [4.69, 9.17) is 0 Å². The van der Waals surface area contributed by atoms with Gasteiger partial charge in [-0.3, -0.25) is 0 Å². The molecule has 168 valence electrons. The molecule has 0 aliphatic carbocycles. The number of hydrogen-bond acceptors (Lipinski definition) is 1. The van der Waals surface area contributed by atoms with Crippen molar-refractivity contribution in [1.82, 2.24) is 4.90 Å². The molecule has 0 unspecified atom stereocenters. The number of rotatable bonds is 5. The molecule has 32 heavy (non-hydrogen) atoms. The molecule has 4 aromatic rings. The Morgan fingerprint density at radius 3 is 1.84 bits per heavy atom. The van der Waals surface area contributed by atoms with Crippen molar-refractivity contribution in [2.75, 3.05) is 14.1 Å². The quantitative estimate of drug-likeness (QED) is 0.203. The summed E-state index contributed by atoms with van der Waals surface area (Å²) in [5.74, 6) is 0. The first-order chi connectivity index (χ1) is 15.6. The number of fused-ring (bicyclic) bond motifs is 1. The Morgan fingerprint density at radius 2 is 1.34 bits per heavy atom. The normalized spacial score (nSPS) is 11.2. The van der Waals surface area contributed by atoms with E-state index < -0.39 is 14.7 Å². The molecule has 1 atom stereocenters. The fraction of sp³-hybridized carbons (Fsp3) is 0.143. The summed E-state index contributed by atoms with van der Waals surface area (Å²) in [5, 5.41) is 2.60. The third kappa shape index (κ3) is 7.45. The molecule has 4 aromatic carbocycles. The van der Waals surface area contributed by atoms with Gasteiger partial charge in [0.2, 0.25) is 0 Å². The number of nitrogens with zero attached hydrogens (tertiary/aromatic N) is 1. The summed E-state index contributed by atoms with van der Waals surface area (Å²) in [4.78, 5) is 4.35. The van der Waals surface area contributed by atoms with Crippen LogP contribution in [0.25, 0.3) is 10.8 Å². The summed E-state index contributed by atoms with van der Waals surface area (Å²) >= 11 is 0.983. The molecule has 0 aromatic heterocycles. The average Bonchev–Trinajstić information content (AvgIpc) is 2.86. The average molecular weight is 596 g/mol. The maximum absolute atomic E-state index is 4.49. The molecular formula is C28H29AsClNPd. The molecular weight excluding hydrogens is 567 g/mol. The van der Waals surface area contributed by atoms with E-state index in [1.807, 2.05) is 6.07 Å². The van der Waals surface area contributed by atoms with Crippen LogP contribution >= 0.6 is 9.53 Å². The Balaban J connectivity index is 0.000000211. The molecule has 0 bridgehead atoms. The minimum absolute atomic E-state index is 0.423. The van der Waals surface area contributed by atoms with Crippen molar-refractivity contribution >= 4 is 43.7 Å². The van der Waals surface area contributed by atoms with Gasteiger partial charge in [-0.05, 0) is 20.1 Å². The van der Waals surface area contributed by atoms with E-state index in [2.05, 4.69) is 162 Å². The molecule has 4 rings (SSSR count). The predicted octanol–water partition coefficient (Wildman–Crippen LogP) is 5.97. The SMILES string of the molecule is C=C[As](c1ccccc1)c1ccccc1.C[C@@H](c1c[c-]cc2ccccc12)N(C)C.[Cl][Pd+]. The third-order valence-electron chi connectivity index (χ3n) is 5.23. The monoisotopic (exact) mass is 595 g/mol. The molecule has 0 aliphatic heterocycles. The van der Waals surface area contributed by atoms with Gasteiger partial charge in [0.25, 0.3) is 0 Å². The molecule has 0 aliphatic rings. The first kappa shape index (κ1) is 26.6. The van der Waals surface area contributed by atoms with Gasteiger partial charge in [0.05, 0.1) is 0 Å². The van der Waals surface area contributed by atoms with Crippen LogP contribution in [-0.4, -0.2) is 33.6 Å². The Morgan fingerprint density at radius 1 is 0.844 bits per heavy atom. The predicted molar refractivity (Wildman–Crippen MR) is 139 cm³/mol. The molecule has 0 radical (unpaired) electrons. The van der Waals surface area contributed by atoms with Crippen LogP contribution in [0.2, 0.25) is 0 Å². The van der Waals surface area contributed by atoms with Crippen LogP contribution in [-0.2, 0) is 18.2 Å². The molecule has 0 heterocycles. The van der Waals surface area contributed by atoms with Crippen LogP contribution in [0.1, 0.15) is 18.5 Å². The van der Waals surface area contributed by atoms with Gasteiger partial charge >= 0.3 is 123 Å². The van der Waals surface area contributed by atoms with Crippen LogP contribution in [0.15, 0.2) is 109 Å². The summed E-state index contributed by atoms with van der Waals surface area (Å²) in [6, 6.07) is 37.6. The van der Waals surface area contributed by atoms with E-state index in [-0.39, 0.29) is 0 Å². The number of halogens is 1. The van der Waals surface area contributed by atoms with Crippen molar-refractivity contribution in [3.8, 4) is 0 Å². The van der Waals surface area contributed by atoms with E-state index in [1.165, 1.54) is 25.0 Å². The zero-order valence-electron chi connectivity index (χ0n) is 18.7. The van der Waals surface area contributed by atoms with E-state index in [0.29, 0.717) is 6.04 Å². The third-order valence-corrected chi connectivity index (χ3v) is 9.58. The summed E-state index contributed by atoms with van der Waals surface area (Å²) in [7, 11) is 8.70. The van der Waals surface area contributed by atoms with Gasteiger partial charge in [0.1, 0.15) is 0 Å². The van der Waals surface area contributed by atoms with Gasteiger partial charge in [-0.2, -0.15) is 18.2 Å². The summed E-state index contributed by atoms with van der Waals surface area (Å²) in [5.41, 5.74) is 1.35. The van der Waals surface area contributed by atoms with Crippen molar-refractivity contribution < 1.29 is 18.2 Å². The fourth-order valence-corrected chi connectivity index (χ4v) is 6.93. The minimum atomic E-state index is -1.24. The molecule has 0 spiro atoms. The molecule has 1 nitrogen and oxygen atoms in total. The van der Waals surface area contributed by atoms with Gasteiger partial charge in [0.15, 0.2) is 0 Å². The van der Waals surface area contributed by atoms with Crippen LogP contribution < -0.4 is 8.70 Å². The van der Waals surface area contributed by atoms with Crippen LogP contribution in [0.3, 0.4) is 0 Å². The van der Waals surface area contributed by atoms with E-state index >= 15 is 0 Å². The second-order valence-electron chi connectivity index (χ2n) is 7.36. The zero-order chi connectivity index (χ0) is 23.3. The Hall–Kier alpha value is -1.65. The van der Waals surface area contributed by atoms with Gasteiger partial charge in [-0.25, -0.2) is 0 Å². The Labute approximate surface area is 212 Å². The Bertz CT molecular complexity index is 1030. The molecule has 4 heteroatoms. The first-order valence-electron chi connectivity index (χ1n) is 10.3. The van der Waals surface area contributed by atoms with Crippen molar-refractivity contribution in [3.05, 3.63) is 120 Å². The van der Waals surface area contributed by atoms with Crippen LogP contribution in [0.5, 0.6) is 0 Å². The zero-order valence-corrected chi connectivity index (χ0v) is 22.9. The van der Waals surface area contributed by atoms with Crippen molar-refractivity contribution in [2.24, 2.45) is 0 Å². The number of benzene rings is 4. The van der Waals surface area contributed by atoms with Gasteiger partial charge in [0, 0.05) is 0 Å². The molecule has 0 saturated heterocycles. The number of hydrogen-bond donors (Lipinski definition) is 0. The topological polar surface area (TPSA) is 3.24 Å². The summed E-state index contributed by atoms with van der Waals surface area (Å²) in [6.45, 7) is 6.20.